The summed E-state index contributed by atoms with van der Waals surface area (Å²) in [6.07, 6.45) is 0.650. The lowest BCUT2D eigenvalue weighted by Gasteiger charge is -2.48. The van der Waals surface area contributed by atoms with Gasteiger partial charge in [0.1, 0.15) is 6.10 Å². The van der Waals surface area contributed by atoms with Gasteiger partial charge in [-0.15, -0.1) is 0 Å². The van der Waals surface area contributed by atoms with Crippen LogP contribution in [0.2, 0.25) is 0 Å². The number of hydrogen-bond acceptors (Lipinski definition) is 4. The Morgan fingerprint density at radius 2 is 1.68 bits per heavy atom. The average Bonchev–Trinajstić information content (AvgIpc) is 2.73. The maximum absolute atomic E-state index is 13.1. The van der Waals surface area contributed by atoms with Crippen molar-refractivity contribution in [2.45, 2.75) is 63.0 Å². The fourth-order valence-corrected chi connectivity index (χ4v) is 4.77. The molecule has 1 unspecified atom stereocenters. The summed E-state index contributed by atoms with van der Waals surface area (Å²) in [5, 5.41) is 0. The summed E-state index contributed by atoms with van der Waals surface area (Å²) in [6.45, 7) is 0.782. The summed E-state index contributed by atoms with van der Waals surface area (Å²) in [6, 6.07) is 14.7. The summed E-state index contributed by atoms with van der Waals surface area (Å²) in [4.78, 5) is 2.58. The Morgan fingerprint density at radius 1 is 0.968 bits per heavy atom. The highest BCUT2D eigenvalue weighted by Gasteiger charge is 2.39. The van der Waals surface area contributed by atoms with Crippen molar-refractivity contribution in [3.8, 4) is 11.5 Å². The van der Waals surface area contributed by atoms with E-state index in [1.54, 1.807) is 0 Å². The summed E-state index contributed by atoms with van der Waals surface area (Å²) in [5.74, 6) is 0.401. The van der Waals surface area contributed by atoms with Gasteiger partial charge in [0.25, 0.3) is 0 Å². The van der Waals surface area contributed by atoms with Crippen LogP contribution < -0.4 is 9.47 Å². The molecule has 2 saturated heterocycles. The molecule has 168 valence electrons. The molecule has 0 spiro atoms. The van der Waals surface area contributed by atoms with E-state index in [1.165, 1.54) is 25.2 Å². The van der Waals surface area contributed by atoms with Crippen molar-refractivity contribution in [1.29, 1.82) is 0 Å². The maximum atomic E-state index is 13.1. The molecule has 2 heterocycles. The minimum absolute atomic E-state index is 0.0519. The number of hydrogen-bond donors (Lipinski definition) is 0. The first kappa shape index (κ1) is 22.0. The summed E-state index contributed by atoms with van der Waals surface area (Å²) in [5.41, 5.74) is 0.539. The van der Waals surface area contributed by atoms with Crippen LogP contribution in [0.25, 0.3) is 0 Å². The van der Waals surface area contributed by atoms with Gasteiger partial charge in [-0.3, -0.25) is 4.90 Å². The van der Waals surface area contributed by atoms with Gasteiger partial charge in [0.15, 0.2) is 18.3 Å². The van der Waals surface area contributed by atoms with Crippen LogP contribution >= 0.6 is 0 Å². The standard InChI is InChI=1S/C24H28F3NO3/c1-29-16-30-23-12-18(24(25,26)27)10-11-22(23)31-21-13-19-8-5-9-20(14-21)28(19)15-17-6-3-2-4-7-17/h2-4,6-7,10-12,19-21H,5,8-9,13-16H2,1H3/t19-,20+,21?. The Balaban J connectivity index is 1.48. The first-order valence-electron chi connectivity index (χ1n) is 10.7. The molecule has 0 amide bonds. The largest absolute Gasteiger partial charge is 0.486 e. The molecule has 0 saturated carbocycles. The van der Waals surface area contributed by atoms with Crippen molar-refractivity contribution in [2.24, 2.45) is 0 Å². The topological polar surface area (TPSA) is 30.9 Å². The third-order valence-electron chi connectivity index (χ3n) is 6.19. The predicted molar refractivity (Wildman–Crippen MR) is 111 cm³/mol. The lowest BCUT2D eigenvalue weighted by Crippen LogP contribution is -2.53. The van der Waals surface area contributed by atoms with Crippen LogP contribution in [0.5, 0.6) is 11.5 Å². The number of piperidine rings is 2. The first-order valence-corrected chi connectivity index (χ1v) is 10.7. The van der Waals surface area contributed by atoms with E-state index < -0.39 is 11.7 Å². The molecule has 2 aliphatic heterocycles. The Hall–Kier alpha value is -2.25. The number of methoxy groups -OCH3 is 1. The van der Waals surface area contributed by atoms with Gasteiger partial charge in [0.2, 0.25) is 0 Å². The van der Waals surface area contributed by atoms with E-state index in [-0.39, 0.29) is 18.6 Å². The second-order valence-corrected chi connectivity index (χ2v) is 8.32. The van der Waals surface area contributed by atoms with Crippen molar-refractivity contribution in [2.75, 3.05) is 13.9 Å². The maximum Gasteiger partial charge on any atom is 0.416 e. The number of benzene rings is 2. The molecule has 2 fully saturated rings. The van der Waals surface area contributed by atoms with Gasteiger partial charge in [-0.2, -0.15) is 13.2 Å². The van der Waals surface area contributed by atoms with Crippen LogP contribution in [0.4, 0.5) is 13.2 Å². The minimum atomic E-state index is -4.44. The lowest BCUT2D eigenvalue weighted by molar-refractivity contribution is -0.137. The third kappa shape index (κ3) is 5.33. The van der Waals surface area contributed by atoms with Gasteiger partial charge >= 0.3 is 6.18 Å². The molecule has 31 heavy (non-hydrogen) atoms. The highest BCUT2D eigenvalue weighted by Crippen LogP contribution is 2.40. The lowest BCUT2D eigenvalue weighted by atomic mass is 9.82. The molecule has 0 aromatic heterocycles. The van der Waals surface area contributed by atoms with Crippen molar-refractivity contribution < 1.29 is 27.4 Å². The van der Waals surface area contributed by atoms with Gasteiger partial charge < -0.3 is 14.2 Å². The van der Waals surface area contributed by atoms with Crippen LogP contribution in [-0.4, -0.2) is 37.0 Å². The number of ether oxygens (including phenoxy) is 3. The normalized spacial score (nSPS) is 24.1. The highest BCUT2D eigenvalue weighted by molar-refractivity contribution is 5.44. The second kappa shape index (κ2) is 9.49. The Kier molecular flexibility index (Phi) is 6.72. The van der Waals surface area contributed by atoms with E-state index in [0.29, 0.717) is 17.8 Å². The monoisotopic (exact) mass is 435 g/mol. The van der Waals surface area contributed by atoms with E-state index >= 15 is 0 Å². The molecule has 0 aliphatic carbocycles. The molecule has 2 aliphatic rings. The summed E-state index contributed by atoms with van der Waals surface area (Å²) >= 11 is 0. The van der Waals surface area contributed by atoms with Crippen molar-refractivity contribution in [3.63, 3.8) is 0 Å². The van der Waals surface area contributed by atoms with Crippen molar-refractivity contribution in [3.05, 3.63) is 59.7 Å². The number of halogens is 3. The third-order valence-corrected chi connectivity index (χ3v) is 6.19. The van der Waals surface area contributed by atoms with E-state index in [9.17, 15) is 13.2 Å². The van der Waals surface area contributed by atoms with Crippen LogP contribution in [0.15, 0.2) is 48.5 Å². The molecule has 0 N–H and O–H groups in total. The van der Waals surface area contributed by atoms with E-state index in [2.05, 4.69) is 29.2 Å². The molecule has 4 rings (SSSR count). The van der Waals surface area contributed by atoms with Gasteiger partial charge in [0.05, 0.1) is 5.56 Å². The van der Waals surface area contributed by atoms with Crippen LogP contribution in [0, 0.1) is 0 Å². The molecular formula is C24H28F3NO3. The van der Waals surface area contributed by atoms with E-state index in [1.807, 2.05) is 6.07 Å². The number of alkyl halides is 3. The van der Waals surface area contributed by atoms with Crippen molar-refractivity contribution in [1.82, 2.24) is 4.90 Å². The van der Waals surface area contributed by atoms with Gasteiger partial charge in [-0.05, 0) is 49.4 Å². The second-order valence-electron chi connectivity index (χ2n) is 8.32. The molecule has 3 atom stereocenters. The molecular weight excluding hydrogens is 407 g/mol. The zero-order chi connectivity index (χ0) is 21.8. The van der Waals surface area contributed by atoms with Crippen LogP contribution in [0.3, 0.4) is 0 Å². The highest BCUT2D eigenvalue weighted by atomic mass is 19.4. The molecule has 2 bridgehead atoms. The Bertz CT molecular complexity index is 845. The Morgan fingerprint density at radius 3 is 2.32 bits per heavy atom. The number of rotatable bonds is 7. The molecule has 2 aromatic rings. The van der Waals surface area contributed by atoms with Crippen LogP contribution in [0.1, 0.15) is 43.2 Å². The summed E-state index contributed by atoms with van der Waals surface area (Å²) < 4.78 is 55.9. The van der Waals surface area contributed by atoms with E-state index in [0.717, 1.165) is 44.4 Å². The molecule has 4 nitrogen and oxygen atoms in total. The Labute approximate surface area is 180 Å². The van der Waals surface area contributed by atoms with Crippen molar-refractivity contribution >= 4 is 0 Å². The fourth-order valence-electron chi connectivity index (χ4n) is 4.77. The predicted octanol–water partition coefficient (Wildman–Crippen LogP) is 5.65. The molecule has 2 aromatic carbocycles. The number of nitrogens with zero attached hydrogens (tertiary/aromatic N) is 1. The number of fused-ring (bicyclic) bond motifs is 2. The van der Waals surface area contributed by atoms with Gasteiger partial charge in [-0.1, -0.05) is 36.8 Å². The summed E-state index contributed by atoms with van der Waals surface area (Å²) in [7, 11) is 1.43. The zero-order valence-electron chi connectivity index (χ0n) is 17.6. The zero-order valence-corrected chi connectivity index (χ0v) is 17.6. The first-order chi connectivity index (χ1) is 14.9. The molecule has 7 heteroatoms. The average molecular weight is 435 g/mol. The fraction of sp³-hybridized carbons (Fsp3) is 0.500. The molecule has 0 radical (unpaired) electrons. The SMILES string of the molecule is COCOc1cc(C(F)(F)F)ccc1OC1C[C@H]2CCC[C@@H](C1)N2Cc1ccccc1. The van der Waals surface area contributed by atoms with Crippen LogP contribution in [-0.2, 0) is 17.5 Å². The minimum Gasteiger partial charge on any atom is -0.486 e. The van der Waals surface area contributed by atoms with E-state index in [4.69, 9.17) is 14.2 Å². The quantitative estimate of drug-likeness (QED) is 0.526. The van der Waals surface area contributed by atoms with Gasteiger partial charge in [-0.25, -0.2) is 0 Å². The van der Waals surface area contributed by atoms with Gasteiger partial charge in [0, 0.05) is 25.7 Å². The smallest absolute Gasteiger partial charge is 0.416 e.